The van der Waals surface area contributed by atoms with Crippen LogP contribution in [0.2, 0.25) is 0 Å². The first-order chi connectivity index (χ1) is 30.8. The van der Waals surface area contributed by atoms with Crippen molar-refractivity contribution in [2.45, 2.75) is 0 Å². The predicted molar refractivity (Wildman–Crippen MR) is 256 cm³/mol. The van der Waals surface area contributed by atoms with Crippen molar-refractivity contribution in [3.8, 4) is 67.8 Å². The van der Waals surface area contributed by atoms with E-state index < -0.39 is 0 Å². The van der Waals surface area contributed by atoms with Crippen molar-refractivity contribution in [1.29, 1.82) is 0 Å². The molecule has 0 amide bonds. The Bertz CT molecular complexity index is 3570. The van der Waals surface area contributed by atoms with Gasteiger partial charge in [0, 0.05) is 43.9 Å². The van der Waals surface area contributed by atoms with Gasteiger partial charge in [-0.05, 0) is 70.8 Å². The maximum absolute atomic E-state index is 5.17. The lowest BCUT2D eigenvalue weighted by atomic mass is 9.96. The van der Waals surface area contributed by atoms with Gasteiger partial charge in [0.2, 0.25) is 0 Å². The minimum absolute atomic E-state index is 0.613. The minimum atomic E-state index is 0.613. The fraction of sp³-hybridized carbons (Fsp3) is 0. The van der Waals surface area contributed by atoms with Gasteiger partial charge in [0.25, 0.3) is 0 Å². The van der Waals surface area contributed by atoms with E-state index in [1.54, 1.807) is 0 Å². The molecule has 0 fully saturated rings. The average Bonchev–Trinajstić information content (AvgIpc) is 3.87. The maximum Gasteiger partial charge on any atom is 0.166 e. The normalized spacial score (nSPS) is 11.5. The van der Waals surface area contributed by atoms with Crippen LogP contribution in [0.1, 0.15) is 0 Å². The first-order valence-electron chi connectivity index (χ1n) is 21.0. The summed E-state index contributed by atoms with van der Waals surface area (Å²) in [6, 6.07) is 79.3. The molecule has 0 aliphatic heterocycles. The molecule has 5 heteroatoms. The fourth-order valence-corrected chi connectivity index (χ4v) is 9.18. The van der Waals surface area contributed by atoms with Crippen LogP contribution in [0.3, 0.4) is 0 Å². The highest BCUT2D eigenvalue weighted by molar-refractivity contribution is 6.16. The molecular weight excluding hydrogens is 755 g/mol. The zero-order valence-corrected chi connectivity index (χ0v) is 33.6. The lowest BCUT2D eigenvalue weighted by Crippen LogP contribution is -2.03. The third-order valence-corrected chi connectivity index (χ3v) is 12.0. The molecule has 12 rings (SSSR count). The Labute approximate surface area is 358 Å². The molecule has 0 radical (unpaired) electrons. The summed E-state index contributed by atoms with van der Waals surface area (Å²) < 4.78 is 4.80. The molecule has 3 heterocycles. The fourth-order valence-electron chi connectivity index (χ4n) is 9.18. The number of nitrogens with zero attached hydrogens (tertiary/aromatic N) is 5. The zero-order chi connectivity index (χ0) is 41.0. The standard InChI is InChI=1S/C57H37N5/c1-4-18-38(19-5-1)41-24-16-25-42(36-41)44-29-17-33-52-54(44)47-27-11-14-31-50(47)61(52)43-34-35-46-45-26-10-13-30-49(45)62(53(46)37-43)51-32-15-12-28-48(51)57-59-55(39-20-6-2-7-21-39)58-56(60-57)40-22-8-3-9-23-40/h1-37H. The van der Waals surface area contributed by atoms with E-state index in [0.717, 1.165) is 50.1 Å². The van der Waals surface area contributed by atoms with Gasteiger partial charge in [0.15, 0.2) is 17.5 Å². The molecular formula is C57H37N5. The number of aromatic nitrogens is 5. The van der Waals surface area contributed by atoms with Crippen molar-refractivity contribution in [1.82, 2.24) is 24.1 Å². The Balaban J connectivity index is 1.08. The Hall–Kier alpha value is -8.41. The number of fused-ring (bicyclic) bond motifs is 6. The van der Waals surface area contributed by atoms with Gasteiger partial charge in [0.05, 0.1) is 27.8 Å². The van der Waals surface area contributed by atoms with Crippen LogP contribution in [0, 0.1) is 0 Å². The molecule has 0 spiro atoms. The van der Waals surface area contributed by atoms with Crippen molar-refractivity contribution in [2.75, 3.05) is 0 Å². The van der Waals surface area contributed by atoms with Crippen molar-refractivity contribution >= 4 is 43.6 Å². The smallest absolute Gasteiger partial charge is 0.166 e. The molecule has 0 aliphatic rings. The van der Waals surface area contributed by atoms with Crippen molar-refractivity contribution < 1.29 is 0 Å². The van der Waals surface area contributed by atoms with Crippen molar-refractivity contribution in [2.24, 2.45) is 0 Å². The Morgan fingerprint density at radius 3 is 1.50 bits per heavy atom. The van der Waals surface area contributed by atoms with Crippen LogP contribution in [-0.4, -0.2) is 24.1 Å². The van der Waals surface area contributed by atoms with E-state index >= 15 is 0 Å². The summed E-state index contributed by atoms with van der Waals surface area (Å²) in [5.74, 6) is 1.87. The summed E-state index contributed by atoms with van der Waals surface area (Å²) in [7, 11) is 0. The van der Waals surface area contributed by atoms with Gasteiger partial charge in [-0.15, -0.1) is 0 Å². The van der Waals surface area contributed by atoms with E-state index in [-0.39, 0.29) is 0 Å². The van der Waals surface area contributed by atoms with Gasteiger partial charge >= 0.3 is 0 Å². The first-order valence-corrected chi connectivity index (χ1v) is 21.0. The number of hydrogen-bond acceptors (Lipinski definition) is 3. The molecule has 5 nitrogen and oxygen atoms in total. The molecule has 0 aliphatic carbocycles. The largest absolute Gasteiger partial charge is 0.309 e. The highest BCUT2D eigenvalue weighted by atomic mass is 15.1. The van der Waals surface area contributed by atoms with Crippen LogP contribution >= 0.6 is 0 Å². The van der Waals surface area contributed by atoms with E-state index in [9.17, 15) is 0 Å². The molecule has 0 bridgehead atoms. The highest BCUT2D eigenvalue weighted by Gasteiger charge is 2.21. The van der Waals surface area contributed by atoms with E-state index in [1.165, 1.54) is 43.8 Å². The lowest BCUT2D eigenvalue weighted by Gasteiger charge is -2.15. The summed E-state index contributed by atoms with van der Waals surface area (Å²) in [4.78, 5) is 15.3. The summed E-state index contributed by atoms with van der Waals surface area (Å²) in [5, 5.41) is 4.80. The van der Waals surface area contributed by atoms with Gasteiger partial charge in [-0.2, -0.15) is 0 Å². The summed E-state index contributed by atoms with van der Waals surface area (Å²) in [6.45, 7) is 0. The van der Waals surface area contributed by atoms with Gasteiger partial charge < -0.3 is 9.13 Å². The summed E-state index contributed by atoms with van der Waals surface area (Å²) >= 11 is 0. The first kappa shape index (κ1) is 35.5. The van der Waals surface area contributed by atoms with Crippen molar-refractivity contribution in [3.63, 3.8) is 0 Å². The van der Waals surface area contributed by atoms with Gasteiger partial charge in [-0.1, -0.05) is 176 Å². The lowest BCUT2D eigenvalue weighted by molar-refractivity contribution is 1.06. The molecule has 12 aromatic rings. The van der Waals surface area contributed by atoms with Crippen LogP contribution in [0.5, 0.6) is 0 Å². The summed E-state index contributed by atoms with van der Waals surface area (Å²) in [6.07, 6.45) is 0. The van der Waals surface area contributed by atoms with E-state index in [0.29, 0.717) is 17.5 Å². The second-order valence-electron chi connectivity index (χ2n) is 15.6. The molecule has 0 saturated heterocycles. The van der Waals surface area contributed by atoms with E-state index in [2.05, 4.69) is 173 Å². The quantitative estimate of drug-likeness (QED) is 0.162. The third kappa shape index (κ3) is 5.90. The van der Waals surface area contributed by atoms with Crippen LogP contribution in [-0.2, 0) is 0 Å². The molecule has 290 valence electrons. The number of hydrogen-bond donors (Lipinski definition) is 0. The molecule has 0 atom stereocenters. The van der Waals surface area contributed by atoms with E-state index in [1.807, 2.05) is 60.7 Å². The number of para-hydroxylation sites is 3. The monoisotopic (exact) mass is 791 g/mol. The van der Waals surface area contributed by atoms with Gasteiger partial charge in [-0.3, -0.25) is 0 Å². The SMILES string of the molecule is c1ccc(-c2cccc(-c3cccc4c3c3ccccc3n4-c3ccc4c5ccccc5n(-c5ccccc5-c5nc(-c6ccccc6)nc(-c6ccccc6)n5)c4c3)c2)cc1. The third-order valence-electron chi connectivity index (χ3n) is 12.0. The molecule has 62 heavy (non-hydrogen) atoms. The van der Waals surface area contributed by atoms with Crippen molar-refractivity contribution in [3.05, 3.63) is 224 Å². The predicted octanol–water partition coefficient (Wildman–Crippen LogP) is 14.4. The highest BCUT2D eigenvalue weighted by Crippen LogP contribution is 2.42. The zero-order valence-electron chi connectivity index (χ0n) is 33.6. The van der Waals surface area contributed by atoms with Gasteiger partial charge in [0.1, 0.15) is 0 Å². The number of rotatable bonds is 7. The molecule has 0 unspecified atom stereocenters. The second kappa shape index (κ2) is 14.7. The average molecular weight is 792 g/mol. The maximum atomic E-state index is 5.17. The van der Waals surface area contributed by atoms with Crippen LogP contribution in [0.15, 0.2) is 224 Å². The molecule has 0 saturated carbocycles. The Kier molecular flexibility index (Phi) is 8.42. The Morgan fingerprint density at radius 1 is 0.274 bits per heavy atom. The van der Waals surface area contributed by atoms with Gasteiger partial charge in [-0.25, -0.2) is 15.0 Å². The molecule has 9 aromatic carbocycles. The molecule has 0 N–H and O–H groups in total. The number of benzene rings is 9. The topological polar surface area (TPSA) is 48.5 Å². The van der Waals surface area contributed by atoms with Crippen LogP contribution in [0.4, 0.5) is 0 Å². The molecule has 3 aromatic heterocycles. The van der Waals surface area contributed by atoms with E-state index in [4.69, 9.17) is 15.0 Å². The second-order valence-corrected chi connectivity index (χ2v) is 15.6. The Morgan fingerprint density at radius 2 is 0.774 bits per heavy atom. The summed E-state index contributed by atoms with van der Waals surface area (Å²) in [5.41, 5.74) is 14.2. The van der Waals surface area contributed by atoms with Crippen LogP contribution in [0.25, 0.3) is 111 Å². The minimum Gasteiger partial charge on any atom is -0.309 e. The van der Waals surface area contributed by atoms with Crippen LogP contribution < -0.4 is 0 Å².